The first-order chi connectivity index (χ1) is 9.97. The third-order valence-electron chi connectivity index (χ3n) is 2.51. The van der Waals surface area contributed by atoms with Crippen molar-refractivity contribution >= 4 is 23.3 Å². The molecule has 0 bridgehead atoms. The van der Waals surface area contributed by atoms with E-state index in [-0.39, 0.29) is 10.8 Å². The molecule has 0 radical (unpaired) electrons. The molecule has 112 valence electrons. The summed E-state index contributed by atoms with van der Waals surface area (Å²) in [5.74, 6) is 0.518. The van der Waals surface area contributed by atoms with Crippen LogP contribution in [0, 0.1) is 12.8 Å². The van der Waals surface area contributed by atoms with Gasteiger partial charge in [-0.15, -0.1) is 0 Å². The van der Waals surface area contributed by atoms with Crippen LogP contribution in [0.5, 0.6) is 5.88 Å². The maximum Gasteiger partial charge on any atom is 0.258 e. The van der Waals surface area contributed by atoms with Gasteiger partial charge in [0.05, 0.1) is 12.2 Å². The SMILES string of the molecule is Cc1nonc1NC(=O)c1cnc(OCC(C)C)c(Cl)c1. The summed E-state index contributed by atoms with van der Waals surface area (Å²) < 4.78 is 9.95. The van der Waals surface area contributed by atoms with Crippen LogP contribution in [0.1, 0.15) is 29.9 Å². The summed E-state index contributed by atoms with van der Waals surface area (Å²) >= 11 is 6.06. The number of nitrogens with one attached hydrogen (secondary N) is 1. The first-order valence-electron chi connectivity index (χ1n) is 6.36. The van der Waals surface area contributed by atoms with Gasteiger partial charge in [-0.05, 0) is 24.1 Å². The van der Waals surface area contributed by atoms with E-state index in [9.17, 15) is 4.79 Å². The van der Waals surface area contributed by atoms with Crippen LogP contribution in [-0.2, 0) is 0 Å². The minimum atomic E-state index is -0.404. The average molecular weight is 311 g/mol. The molecule has 0 unspecified atom stereocenters. The Morgan fingerprint density at radius 3 is 2.81 bits per heavy atom. The molecule has 0 atom stereocenters. The molecule has 0 aliphatic carbocycles. The minimum absolute atomic E-state index is 0.260. The van der Waals surface area contributed by atoms with Gasteiger partial charge in [-0.25, -0.2) is 9.61 Å². The lowest BCUT2D eigenvalue weighted by Gasteiger charge is -2.09. The highest BCUT2D eigenvalue weighted by Crippen LogP contribution is 2.23. The molecule has 2 heterocycles. The zero-order chi connectivity index (χ0) is 15.4. The van der Waals surface area contributed by atoms with Gasteiger partial charge >= 0.3 is 0 Å². The van der Waals surface area contributed by atoms with Gasteiger partial charge in [0.1, 0.15) is 10.7 Å². The number of ether oxygens (including phenoxy) is 1. The maximum absolute atomic E-state index is 12.0. The Hall–Kier alpha value is -2.15. The van der Waals surface area contributed by atoms with E-state index >= 15 is 0 Å². The first-order valence-corrected chi connectivity index (χ1v) is 6.74. The second kappa shape index (κ2) is 6.53. The molecule has 7 nitrogen and oxygen atoms in total. The number of pyridine rings is 1. The number of halogens is 1. The number of rotatable bonds is 5. The summed E-state index contributed by atoms with van der Waals surface area (Å²) in [6.45, 7) is 6.20. The monoisotopic (exact) mass is 310 g/mol. The number of nitrogens with zero attached hydrogens (tertiary/aromatic N) is 3. The molecule has 8 heteroatoms. The topological polar surface area (TPSA) is 90.1 Å². The van der Waals surface area contributed by atoms with Crippen LogP contribution in [-0.4, -0.2) is 27.8 Å². The lowest BCUT2D eigenvalue weighted by molar-refractivity contribution is 0.102. The third kappa shape index (κ3) is 3.91. The Morgan fingerprint density at radius 1 is 1.48 bits per heavy atom. The highest BCUT2D eigenvalue weighted by Gasteiger charge is 2.14. The molecule has 0 aliphatic heterocycles. The van der Waals surface area contributed by atoms with Crippen LogP contribution < -0.4 is 10.1 Å². The Morgan fingerprint density at radius 2 is 2.24 bits per heavy atom. The molecule has 0 aromatic carbocycles. The normalized spacial score (nSPS) is 10.7. The molecule has 1 amide bonds. The maximum atomic E-state index is 12.0. The highest BCUT2D eigenvalue weighted by molar-refractivity contribution is 6.32. The van der Waals surface area contributed by atoms with Crippen molar-refractivity contribution in [2.45, 2.75) is 20.8 Å². The molecule has 2 aromatic rings. The van der Waals surface area contributed by atoms with Crippen LogP contribution in [0.15, 0.2) is 16.9 Å². The van der Waals surface area contributed by atoms with Gasteiger partial charge < -0.3 is 10.1 Å². The molecule has 2 aromatic heterocycles. The van der Waals surface area contributed by atoms with Crippen molar-refractivity contribution in [2.24, 2.45) is 5.92 Å². The molecule has 0 aliphatic rings. The van der Waals surface area contributed by atoms with Crippen molar-refractivity contribution in [3.63, 3.8) is 0 Å². The van der Waals surface area contributed by atoms with E-state index in [1.807, 2.05) is 13.8 Å². The fraction of sp³-hybridized carbons (Fsp3) is 0.385. The summed E-state index contributed by atoms with van der Waals surface area (Å²) in [4.78, 5) is 16.1. The number of hydrogen-bond acceptors (Lipinski definition) is 6. The zero-order valence-electron chi connectivity index (χ0n) is 11.9. The van der Waals surface area contributed by atoms with Gasteiger partial charge in [-0.3, -0.25) is 4.79 Å². The molecule has 0 fully saturated rings. The second-order valence-corrected chi connectivity index (χ2v) is 5.28. The fourth-order valence-corrected chi connectivity index (χ4v) is 1.65. The Kier molecular flexibility index (Phi) is 4.74. The van der Waals surface area contributed by atoms with Gasteiger partial charge in [0.2, 0.25) is 11.7 Å². The van der Waals surface area contributed by atoms with Crippen molar-refractivity contribution in [3.8, 4) is 5.88 Å². The second-order valence-electron chi connectivity index (χ2n) is 4.87. The lowest BCUT2D eigenvalue weighted by Crippen LogP contribution is -2.14. The summed E-state index contributed by atoms with van der Waals surface area (Å²) in [7, 11) is 0. The van der Waals surface area contributed by atoms with Gasteiger partial charge in [0.25, 0.3) is 5.91 Å². The summed E-state index contributed by atoms with van der Waals surface area (Å²) in [6, 6.07) is 1.49. The standard InChI is InChI=1S/C13H15ClN4O3/c1-7(2)6-20-13-10(14)4-9(5-15-13)12(19)16-11-8(3)17-21-18-11/h4-5,7H,6H2,1-3H3,(H,16,18,19). The van der Waals surface area contributed by atoms with Crippen molar-refractivity contribution in [2.75, 3.05) is 11.9 Å². The quantitative estimate of drug-likeness (QED) is 0.913. The molecule has 2 rings (SSSR count). The zero-order valence-corrected chi connectivity index (χ0v) is 12.6. The van der Waals surface area contributed by atoms with Gasteiger partial charge in [-0.1, -0.05) is 30.6 Å². The number of hydrogen-bond donors (Lipinski definition) is 1. The molecule has 0 saturated carbocycles. The first kappa shape index (κ1) is 15.2. The smallest absolute Gasteiger partial charge is 0.258 e. The van der Waals surface area contributed by atoms with Gasteiger partial charge in [-0.2, -0.15) is 0 Å². The Bertz CT molecular complexity index is 642. The molecular formula is C13H15ClN4O3. The fourth-order valence-electron chi connectivity index (χ4n) is 1.43. The highest BCUT2D eigenvalue weighted by atomic mass is 35.5. The molecular weight excluding hydrogens is 296 g/mol. The predicted molar refractivity (Wildman–Crippen MR) is 76.6 cm³/mol. The Balaban J connectivity index is 2.08. The lowest BCUT2D eigenvalue weighted by atomic mass is 10.2. The van der Waals surface area contributed by atoms with Crippen LogP contribution in [0.2, 0.25) is 5.02 Å². The van der Waals surface area contributed by atoms with Crippen molar-refractivity contribution in [1.82, 2.24) is 15.3 Å². The van der Waals surface area contributed by atoms with E-state index in [2.05, 4.69) is 25.2 Å². The molecule has 1 N–H and O–H groups in total. The van der Waals surface area contributed by atoms with Gasteiger partial charge in [0, 0.05) is 6.20 Å². The number of carbonyl (C=O) groups excluding carboxylic acids is 1. The van der Waals surface area contributed by atoms with Crippen molar-refractivity contribution < 1.29 is 14.2 Å². The predicted octanol–water partition coefficient (Wildman–Crippen LogP) is 2.71. The van der Waals surface area contributed by atoms with Crippen LogP contribution in [0.3, 0.4) is 0 Å². The van der Waals surface area contributed by atoms with E-state index < -0.39 is 5.91 Å². The van der Waals surface area contributed by atoms with Crippen LogP contribution in [0.25, 0.3) is 0 Å². The number of aromatic nitrogens is 3. The van der Waals surface area contributed by atoms with Crippen LogP contribution >= 0.6 is 11.6 Å². The van der Waals surface area contributed by atoms with Crippen molar-refractivity contribution in [3.05, 3.63) is 28.5 Å². The molecule has 0 spiro atoms. The van der Waals surface area contributed by atoms with E-state index in [1.165, 1.54) is 12.3 Å². The average Bonchev–Trinajstić information content (AvgIpc) is 2.82. The number of anilines is 1. The number of carbonyl (C=O) groups is 1. The Labute approximate surface area is 126 Å². The van der Waals surface area contributed by atoms with Crippen molar-refractivity contribution in [1.29, 1.82) is 0 Å². The van der Waals surface area contributed by atoms with E-state index in [0.29, 0.717) is 29.7 Å². The summed E-state index contributed by atoms with van der Waals surface area (Å²) in [6.07, 6.45) is 1.39. The van der Waals surface area contributed by atoms with E-state index in [4.69, 9.17) is 16.3 Å². The third-order valence-corrected chi connectivity index (χ3v) is 2.78. The van der Waals surface area contributed by atoms with E-state index in [1.54, 1.807) is 6.92 Å². The van der Waals surface area contributed by atoms with Crippen LogP contribution in [0.4, 0.5) is 5.82 Å². The van der Waals surface area contributed by atoms with Gasteiger partial charge in [0.15, 0.2) is 0 Å². The molecule has 0 saturated heterocycles. The number of amides is 1. The summed E-state index contributed by atoms with van der Waals surface area (Å²) in [5, 5.41) is 9.98. The minimum Gasteiger partial charge on any atom is -0.476 e. The largest absolute Gasteiger partial charge is 0.476 e. The number of aryl methyl sites for hydroxylation is 1. The summed E-state index contributed by atoms with van der Waals surface area (Å²) in [5.41, 5.74) is 0.776. The van der Waals surface area contributed by atoms with E-state index in [0.717, 1.165) is 0 Å². The molecule has 21 heavy (non-hydrogen) atoms.